The lowest BCUT2D eigenvalue weighted by molar-refractivity contribution is -0.385. The molecule has 0 N–H and O–H groups in total. The maximum absolute atomic E-state index is 13.1. The molecule has 0 radical (unpaired) electrons. The molecule has 0 fully saturated rings. The van der Waals surface area contributed by atoms with Crippen molar-refractivity contribution < 1.29 is 18.8 Å². The van der Waals surface area contributed by atoms with Crippen LogP contribution in [0.2, 0.25) is 0 Å². The van der Waals surface area contributed by atoms with E-state index in [-0.39, 0.29) is 17.3 Å². The molecule has 0 atom stereocenters. The fraction of sp³-hybridized carbons (Fsp3) is 0.300. The molecule has 1 rings (SSSR count). The van der Waals surface area contributed by atoms with E-state index in [1.54, 1.807) is 0 Å². The minimum absolute atomic E-state index is 0.167. The summed E-state index contributed by atoms with van der Waals surface area (Å²) in [6, 6.07) is 1.95. The fourth-order valence-electron chi connectivity index (χ4n) is 1.38. The Labute approximate surface area is 105 Å². The number of nitrogens with zero attached hydrogens (tertiary/aromatic N) is 1. The summed E-state index contributed by atoms with van der Waals surface area (Å²) < 4.78 is 17.6. The molecular weight excluding hydrogens is 297 g/mol. The molecule has 0 aliphatic rings. The molecule has 0 aromatic heterocycles. The second-order valence-corrected chi connectivity index (χ2v) is 3.77. The molecule has 5 nitrogen and oxygen atoms in total. The molecule has 0 aliphatic carbocycles. The predicted octanol–water partition coefficient (Wildman–Crippen LogP) is 2.34. The second-order valence-electron chi connectivity index (χ2n) is 3.21. The van der Waals surface area contributed by atoms with Gasteiger partial charge in [-0.2, -0.15) is 0 Å². The maximum atomic E-state index is 13.1. The number of benzene rings is 1. The summed E-state index contributed by atoms with van der Waals surface area (Å²) in [4.78, 5) is 21.2. The van der Waals surface area contributed by atoms with Crippen LogP contribution in [0, 0.1) is 15.9 Å². The van der Waals surface area contributed by atoms with Gasteiger partial charge in [0.1, 0.15) is 5.82 Å². The van der Waals surface area contributed by atoms with Crippen LogP contribution >= 0.6 is 15.9 Å². The van der Waals surface area contributed by atoms with E-state index in [9.17, 15) is 19.3 Å². The normalized spacial score (nSPS) is 10.1. The summed E-state index contributed by atoms with van der Waals surface area (Å²) in [5, 5.41) is 11.0. The number of nitro groups is 1. The van der Waals surface area contributed by atoms with Crippen LogP contribution in [-0.2, 0) is 21.3 Å². The van der Waals surface area contributed by atoms with Crippen LogP contribution in [0.3, 0.4) is 0 Å². The zero-order chi connectivity index (χ0) is 13.0. The summed E-state index contributed by atoms with van der Waals surface area (Å²) in [5.41, 5.74) is 0.118. The van der Waals surface area contributed by atoms with Crippen molar-refractivity contribution in [1.82, 2.24) is 0 Å². The fourth-order valence-corrected chi connectivity index (χ4v) is 1.88. The molecule has 0 bridgehead atoms. The van der Waals surface area contributed by atoms with Crippen molar-refractivity contribution in [2.24, 2.45) is 0 Å². The number of hydrogen-bond donors (Lipinski definition) is 0. The number of hydrogen-bond acceptors (Lipinski definition) is 4. The van der Waals surface area contributed by atoms with Gasteiger partial charge >= 0.3 is 5.97 Å². The molecule has 0 spiro atoms. The molecule has 0 aliphatic heterocycles. The molecule has 7 heteroatoms. The molecule has 0 heterocycles. The van der Waals surface area contributed by atoms with Crippen molar-refractivity contribution >= 4 is 27.6 Å². The number of halogens is 2. The predicted molar refractivity (Wildman–Crippen MR) is 61.4 cm³/mol. The Morgan fingerprint density at radius 3 is 2.71 bits per heavy atom. The van der Waals surface area contributed by atoms with Gasteiger partial charge in [-0.15, -0.1) is 0 Å². The van der Waals surface area contributed by atoms with Gasteiger partial charge < -0.3 is 4.74 Å². The van der Waals surface area contributed by atoms with Crippen LogP contribution < -0.4 is 0 Å². The SMILES string of the molecule is COC(=O)Cc1c(CBr)cc(F)cc1[N+](=O)[O-]. The average molecular weight is 306 g/mol. The molecule has 17 heavy (non-hydrogen) atoms. The Balaban J connectivity index is 3.31. The number of nitro benzene ring substituents is 1. The number of carbonyl (C=O) groups excluding carboxylic acids is 1. The monoisotopic (exact) mass is 305 g/mol. The van der Waals surface area contributed by atoms with E-state index in [4.69, 9.17) is 0 Å². The van der Waals surface area contributed by atoms with Crippen molar-refractivity contribution in [1.29, 1.82) is 0 Å². The molecular formula is C10H9BrFNO4. The van der Waals surface area contributed by atoms with E-state index in [2.05, 4.69) is 20.7 Å². The van der Waals surface area contributed by atoms with E-state index in [1.807, 2.05) is 0 Å². The van der Waals surface area contributed by atoms with Gasteiger partial charge in [-0.3, -0.25) is 14.9 Å². The first kappa shape index (κ1) is 13.6. The lowest BCUT2D eigenvalue weighted by Crippen LogP contribution is -2.09. The quantitative estimate of drug-likeness (QED) is 0.370. The van der Waals surface area contributed by atoms with Crippen LogP contribution in [0.25, 0.3) is 0 Å². The van der Waals surface area contributed by atoms with Gasteiger partial charge in [-0.05, 0) is 11.6 Å². The minimum atomic E-state index is -0.715. The first-order valence-corrected chi connectivity index (χ1v) is 5.70. The Hall–Kier alpha value is -1.50. The highest BCUT2D eigenvalue weighted by atomic mass is 79.9. The zero-order valence-electron chi connectivity index (χ0n) is 8.91. The Bertz CT molecular complexity index is 464. The average Bonchev–Trinajstić information content (AvgIpc) is 2.30. The van der Waals surface area contributed by atoms with Crippen molar-refractivity contribution in [3.63, 3.8) is 0 Å². The lowest BCUT2D eigenvalue weighted by Gasteiger charge is -2.07. The lowest BCUT2D eigenvalue weighted by atomic mass is 10.0. The summed E-state index contributed by atoms with van der Waals surface area (Å²) in [6.45, 7) is 0. The van der Waals surface area contributed by atoms with Crippen LogP contribution in [0.1, 0.15) is 11.1 Å². The van der Waals surface area contributed by atoms with Crippen molar-refractivity contribution in [3.8, 4) is 0 Å². The van der Waals surface area contributed by atoms with E-state index in [0.717, 1.165) is 12.1 Å². The highest BCUT2D eigenvalue weighted by Gasteiger charge is 2.21. The number of alkyl halides is 1. The third-order valence-electron chi connectivity index (χ3n) is 2.17. The number of rotatable bonds is 4. The van der Waals surface area contributed by atoms with Gasteiger partial charge in [-0.25, -0.2) is 4.39 Å². The highest BCUT2D eigenvalue weighted by Crippen LogP contribution is 2.26. The van der Waals surface area contributed by atoms with Gasteiger partial charge in [0, 0.05) is 10.9 Å². The largest absolute Gasteiger partial charge is 0.469 e. The summed E-state index contributed by atoms with van der Waals surface area (Å²) in [7, 11) is 1.19. The second kappa shape index (κ2) is 5.72. The molecule has 0 amide bonds. The molecule has 1 aromatic carbocycles. The first-order valence-electron chi connectivity index (χ1n) is 4.58. The maximum Gasteiger partial charge on any atom is 0.310 e. The van der Waals surface area contributed by atoms with E-state index in [1.165, 1.54) is 7.11 Å². The smallest absolute Gasteiger partial charge is 0.310 e. The van der Waals surface area contributed by atoms with Crippen LogP contribution in [0.5, 0.6) is 0 Å². The minimum Gasteiger partial charge on any atom is -0.469 e. The van der Waals surface area contributed by atoms with Crippen LogP contribution in [0.4, 0.5) is 10.1 Å². The van der Waals surface area contributed by atoms with E-state index >= 15 is 0 Å². The Morgan fingerprint density at radius 2 is 2.24 bits per heavy atom. The van der Waals surface area contributed by atoms with Gasteiger partial charge in [0.25, 0.3) is 5.69 Å². The third-order valence-corrected chi connectivity index (χ3v) is 2.78. The van der Waals surface area contributed by atoms with Gasteiger partial charge in [-0.1, -0.05) is 15.9 Å². The number of ether oxygens (including phenoxy) is 1. The topological polar surface area (TPSA) is 69.4 Å². The van der Waals surface area contributed by atoms with E-state index in [0.29, 0.717) is 5.56 Å². The number of methoxy groups -OCH3 is 1. The molecule has 1 aromatic rings. The zero-order valence-corrected chi connectivity index (χ0v) is 10.5. The van der Waals surface area contributed by atoms with Gasteiger partial charge in [0.15, 0.2) is 0 Å². The number of carbonyl (C=O) groups is 1. The third kappa shape index (κ3) is 3.23. The Kier molecular flexibility index (Phi) is 4.56. The van der Waals surface area contributed by atoms with Crippen molar-refractivity contribution in [3.05, 3.63) is 39.2 Å². The molecule has 0 unspecified atom stereocenters. The van der Waals surface area contributed by atoms with Crippen molar-refractivity contribution in [2.45, 2.75) is 11.8 Å². The molecule has 0 saturated heterocycles. The van der Waals surface area contributed by atoms with Gasteiger partial charge in [0.2, 0.25) is 0 Å². The summed E-state index contributed by atoms with van der Waals surface area (Å²) in [6.07, 6.45) is -0.256. The standard InChI is InChI=1S/C10H9BrFNO4/c1-17-10(14)4-8-6(5-11)2-7(12)3-9(8)13(15)16/h2-3H,4-5H2,1H3. The first-order chi connectivity index (χ1) is 7.99. The van der Waals surface area contributed by atoms with Crippen molar-refractivity contribution in [2.75, 3.05) is 7.11 Å². The molecule has 0 saturated carbocycles. The van der Waals surface area contributed by atoms with Gasteiger partial charge in [0.05, 0.1) is 24.5 Å². The van der Waals surface area contributed by atoms with E-state index < -0.39 is 22.4 Å². The van der Waals surface area contributed by atoms with Crippen LogP contribution in [-0.4, -0.2) is 18.0 Å². The summed E-state index contributed by atoms with van der Waals surface area (Å²) >= 11 is 3.10. The number of esters is 1. The van der Waals surface area contributed by atoms with Crippen LogP contribution in [0.15, 0.2) is 12.1 Å². The summed E-state index contributed by atoms with van der Waals surface area (Å²) in [5.74, 6) is -1.32. The highest BCUT2D eigenvalue weighted by molar-refractivity contribution is 9.08. The Morgan fingerprint density at radius 1 is 1.59 bits per heavy atom. The molecule has 92 valence electrons.